The van der Waals surface area contributed by atoms with Crippen molar-refractivity contribution in [1.29, 1.82) is 0 Å². The van der Waals surface area contributed by atoms with Crippen LogP contribution in [0.2, 0.25) is 0 Å². The largest absolute Gasteiger partial charge is 0.285 e. The van der Waals surface area contributed by atoms with E-state index in [1.165, 1.54) is 13.3 Å². The minimum Gasteiger partial charge on any atom is -0.285 e. The molecule has 0 bridgehead atoms. The van der Waals surface area contributed by atoms with E-state index in [1.54, 1.807) is 6.92 Å². The van der Waals surface area contributed by atoms with Crippen LogP contribution < -0.4 is 0 Å². The molecule has 1 unspecified atom stereocenters. The molecular weight excluding hydrogens is 128 g/mol. The van der Waals surface area contributed by atoms with Crippen LogP contribution >= 0.6 is 0 Å². The Morgan fingerprint density at radius 2 is 2.00 bits per heavy atom. The molecule has 0 rings (SSSR count). The molecule has 0 aromatic rings. The van der Waals surface area contributed by atoms with Gasteiger partial charge >= 0.3 is 0 Å². The molecule has 0 aliphatic carbocycles. The normalized spacial score (nSPS) is 15.9. The fourth-order valence-corrected chi connectivity index (χ4v) is 0.516. The fourth-order valence-electron chi connectivity index (χ4n) is 0.172. The monoisotopic (exact) mass is 137 g/mol. The molecule has 1 atom stereocenters. The molecule has 0 aliphatic heterocycles. The molecule has 0 heterocycles. The minimum atomic E-state index is -3.81. The van der Waals surface area contributed by atoms with Crippen LogP contribution in [0.3, 0.4) is 0 Å². The Morgan fingerprint density at radius 3 is 2.00 bits per heavy atom. The van der Waals surface area contributed by atoms with Gasteiger partial charge in [0.15, 0.2) is 0 Å². The highest BCUT2D eigenvalue weighted by molar-refractivity contribution is 7.86. The van der Waals surface area contributed by atoms with Crippen LogP contribution in [0.15, 0.2) is 0 Å². The summed E-state index contributed by atoms with van der Waals surface area (Å²) in [6.45, 7) is 2.99. The van der Waals surface area contributed by atoms with E-state index in [0.717, 1.165) is 0 Å². The van der Waals surface area contributed by atoms with Gasteiger partial charge in [0.2, 0.25) is 0 Å². The summed E-state index contributed by atoms with van der Waals surface area (Å²) in [6.07, 6.45) is 1.41. The van der Waals surface area contributed by atoms with E-state index in [2.05, 4.69) is 0 Å². The van der Waals surface area contributed by atoms with Gasteiger partial charge in [0.05, 0.1) is 5.25 Å². The molecule has 0 aromatic carbocycles. The summed E-state index contributed by atoms with van der Waals surface area (Å²) >= 11 is 0. The Labute approximate surface area is 49.5 Å². The second-order valence-corrected chi connectivity index (χ2v) is 3.33. The maximum Gasteiger partial charge on any atom is 0.267 e. The van der Waals surface area contributed by atoms with Gasteiger partial charge in [-0.25, -0.2) is 0 Å². The van der Waals surface area contributed by atoms with Crippen molar-refractivity contribution in [2.75, 3.05) is 0 Å². The van der Waals surface area contributed by atoms with Crippen molar-refractivity contribution in [3.63, 3.8) is 0 Å². The molecule has 0 amide bonds. The van der Waals surface area contributed by atoms with E-state index in [0.29, 0.717) is 0 Å². The summed E-state index contributed by atoms with van der Waals surface area (Å²) in [4.78, 5) is 0. The van der Waals surface area contributed by atoms with Crippen molar-refractivity contribution in [3.05, 3.63) is 6.42 Å². The smallest absolute Gasteiger partial charge is 0.267 e. The molecule has 8 heavy (non-hydrogen) atoms. The van der Waals surface area contributed by atoms with Crippen molar-refractivity contribution in [2.45, 2.75) is 19.1 Å². The molecule has 0 spiro atoms. The van der Waals surface area contributed by atoms with E-state index in [-0.39, 0.29) is 0 Å². The summed E-state index contributed by atoms with van der Waals surface area (Å²) < 4.78 is 28.4. The van der Waals surface area contributed by atoms with E-state index in [9.17, 15) is 8.42 Å². The van der Waals surface area contributed by atoms with Crippen molar-refractivity contribution < 1.29 is 13.0 Å². The third kappa shape index (κ3) is 2.28. The second kappa shape index (κ2) is 2.46. The molecule has 0 fully saturated rings. The first-order valence-corrected chi connectivity index (χ1v) is 3.74. The first-order valence-electron chi connectivity index (χ1n) is 2.24. The molecular formula is C4H9O3S. The van der Waals surface area contributed by atoms with Crippen LogP contribution in [-0.4, -0.2) is 18.2 Å². The SMILES string of the molecule is C[CH]C(C)S(=O)(=O)O. The zero-order valence-corrected chi connectivity index (χ0v) is 5.64. The lowest BCUT2D eigenvalue weighted by Gasteiger charge is -2.00. The standard InChI is InChI=1S/C4H9O3S/c1-3-4(2)8(5,6)7/h3-4H,1-2H3,(H,5,6,7). The van der Waals surface area contributed by atoms with E-state index in [1.807, 2.05) is 0 Å². The number of hydrogen-bond acceptors (Lipinski definition) is 2. The minimum absolute atomic E-state index is 0.748. The van der Waals surface area contributed by atoms with Crippen LogP contribution in [0.5, 0.6) is 0 Å². The Balaban J connectivity index is 4.04. The van der Waals surface area contributed by atoms with Crippen LogP contribution in [0.4, 0.5) is 0 Å². The van der Waals surface area contributed by atoms with Crippen molar-refractivity contribution in [3.8, 4) is 0 Å². The first-order chi connectivity index (χ1) is 3.48. The molecule has 0 saturated heterocycles. The number of rotatable bonds is 2. The lowest BCUT2D eigenvalue weighted by Crippen LogP contribution is -2.15. The highest BCUT2D eigenvalue weighted by Gasteiger charge is 2.13. The Morgan fingerprint density at radius 1 is 1.62 bits per heavy atom. The average Bonchev–Trinajstić information content (AvgIpc) is 1.62. The van der Waals surface area contributed by atoms with Crippen molar-refractivity contribution in [2.24, 2.45) is 0 Å². The van der Waals surface area contributed by atoms with Gasteiger partial charge in [-0.3, -0.25) is 4.55 Å². The fraction of sp³-hybridized carbons (Fsp3) is 0.750. The quantitative estimate of drug-likeness (QED) is 0.563. The summed E-state index contributed by atoms with van der Waals surface area (Å²) in [7, 11) is -3.81. The highest BCUT2D eigenvalue weighted by atomic mass is 32.2. The third-order valence-electron chi connectivity index (χ3n) is 0.939. The molecule has 0 aromatic heterocycles. The van der Waals surface area contributed by atoms with Gasteiger partial charge in [-0.1, -0.05) is 6.92 Å². The Kier molecular flexibility index (Phi) is 2.43. The first kappa shape index (κ1) is 7.91. The van der Waals surface area contributed by atoms with Gasteiger partial charge in [0.1, 0.15) is 0 Å². The van der Waals surface area contributed by atoms with Crippen LogP contribution in [0, 0.1) is 6.42 Å². The molecule has 1 N–H and O–H groups in total. The van der Waals surface area contributed by atoms with E-state index < -0.39 is 15.4 Å². The van der Waals surface area contributed by atoms with Crippen LogP contribution in [-0.2, 0) is 10.1 Å². The molecule has 0 saturated carbocycles. The molecule has 1 radical (unpaired) electrons. The third-order valence-corrected chi connectivity index (χ3v) is 2.15. The van der Waals surface area contributed by atoms with Gasteiger partial charge in [-0.15, -0.1) is 0 Å². The van der Waals surface area contributed by atoms with Crippen LogP contribution in [0.1, 0.15) is 13.8 Å². The van der Waals surface area contributed by atoms with E-state index >= 15 is 0 Å². The van der Waals surface area contributed by atoms with Crippen molar-refractivity contribution >= 4 is 10.1 Å². The maximum absolute atomic E-state index is 10.1. The zero-order chi connectivity index (χ0) is 6.78. The molecule has 49 valence electrons. The number of hydrogen-bond donors (Lipinski definition) is 1. The van der Waals surface area contributed by atoms with Gasteiger partial charge in [-0.2, -0.15) is 8.42 Å². The van der Waals surface area contributed by atoms with Gasteiger partial charge in [-0.05, 0) is 13.3 Å². The predicted octanol–water partition coefficient (Wildman–Crippen LogP) is 0.487. The van der Waals surface area contributed by atoms with Crippen LogP contribution in [0.25, 0.3) is 0 Å². The maximum atomic E-state index is 10.1. The van der Waals surface area contributed by atoms with Gasteiger partial charge in [0.25, 0.3) is 10.1 Å². The topological polar surface area (TPSA) is 54.4 Å². The van der Waals surface area contributed by atoms with E-state index in [4.69, 9.17) is 4.55 Å². The Hall–Kier alpha value is -0.0900. The van der Waals surface area contributed by atoms with Gasteiger partial charge < -0.3 is 0 Å². The summed E-state index contributed by atoms with van der Waals surface area (Å²) in [5.41, 5.74) is 0. The predicted molar refractivity (Wildman–Crippen MR) is 31.0 cm³/mol. The summed E-state index contributed by atoms with van der Waals surface area (Å²) in [5.74, 6) is 0. The second-order valence-electron chi connectivity index (χ2n) is 1.55. The summed E-state index contributed by atoms with van der Waals surface area (Å²) in [6, 6.07) is 0. The average molecular weight is 137 g/mol. The zero-order valence-electron chi connectivity index (χ0n) is 4.83. The Bertz CT molecular complexity index is 147. The summed E-state index contributed by atoms with van der Waals surface area (Å²) in [5, 5.41) is -0.748. The molecule has 0 aliphatic rings. The molecule has 3 nitrogen and oxygen atoms in total. The van der Waals surface area contributed by atoms with Crippen molar-refractivity contribution in [1.82, 2.24) is 0 Å². The van der Waals surface area contributed by atoms with Gasteiger partial charge in [0, 0.05) is 0 Å². The lowest BCUT2D eigenvalue weighted by atomic mass is 10.4. The highest BCUT2D eigenvalue weighted by Crippen LogP contribution is 1.98. The molecule has 4 heteroatoms. The lowest BCUT2D eigenvalue weighted by molar-refractivity contribution is 0.475.